The number of esters is 1. The van der Waals surface area contributed by atoms with Gasteiger partial charge in [0.25, 0.3) is 0 Å². The van der Waals surface area contributed by atoms with Gasteiger partial charge in [0, 0.05) is 54.9 Å². The van der Waals surface area contributed by atoms with E-state index in [1.165, 1.54) is 12.5 Å². The van der Waals surface area contributed by atoms with Gasteiger partial charge < -0.3 is 9.15 Å². The highest BCUT2D eigenvalue weighted by molar-refractivity contribution is 6.32. The third kappa shape index (κ3) is 3.87. The zero-order valence-electron chi connectivity index (χ0n) is 17.1. The van der Waals surface area contributed by atoms with Gasteiger partial charge in [0.2, 0.25) is 5.78 Å². The van der Waals surface area contributed by atoms with Crippen LogP contribution in [0, 0.1) is 5.92 Å². The fourth-order valence-corrected chi connectivity index (χ4v) is 4.61. The molecule has 2 unspecified atom stereocenters. The van der Waals surface area contributed by atoms with Gasteiger partial charge in [-0.05, 0) is 23.8 Å². The molecule has 1 aliphatic heterocycles. The summed E-state index contributed by atoms with van der Waals surface area (Å²) in [6.07, 6.45) is 2.14. The molecule has 1 saturated heterocycles. The first-order valence-electron chi connectivity index (χ1n) is 10.1. The number of ketones is 1. The Morgan fingerprint density at radius 1 is 1.23 bits per heavy atom. The Labute approximate surface area is 180 Å². The second-order valence-electron chi connectivity index (χ2n) is 8.00. The Hall–Kier alpha value is -2.63. The predicted molar refractivity (Wildman–Crippen MR) is 115 cm³/mol. The number of ether oxygens (including phenoxy) is 1. The third-order valence-electron chi connectivity index (χ3n) is 5.91. The molecule has 6 heteroatoms. The van der Waals surface area contributed by atoms with Crippen molar-refractivity contribution in [2.75, 3.05) is 13.1 Å². The number of piperidine rings is 1. The Balaban J connectivity index is 1.71. The fourth-order valence-electron chi connectivity index (χ4n) is 4.39. The van der Waals surface area contributed by atoms with E-state index >= 15 is 0 Å². The van der Waals surface area contributed by atoms with E-state index in [-0.39, 0.29) is 5.92 Å². The molecule has 1 aromatic heterocycles. The van der Waals surface area contributed by atoms with Crippen LogP contribution >= 0.6 is 11.6 Å². The standard InChI is InChI=1S/C24H24ClNO4/c1-16-14-26(15-18-6-4-3-5-7-18)10-9-24(16,30-23(28)17(2)27)21-13-20(25)12-19-8-11-29-22(19)21/h3-8,11-13,16H,9-10,14-15H2,1-2H3. The van der Waals surface area contributed by atoms with Crippen LogP contribution in [-0.2, 0) is 26.5 Å². The number of furan rings is 1. The molecule has 2 aromatic carbocycles. The summed E-state index contributed by atoms with van der Waals surface area (Å²) < 4.78 is 11.7. The van der Waals surface area contributed by atoms with Crippen molar-refractivity contribution in [1.29, 1.82) is 0 Å². The van der Waals surface area contributed by atoms with E-state index in [2.05, 4.69) is 17.0 Å². The van der Waals surface area contributed by atoms with E-state index in [9.17, 15) is 9.59 Å². The van der Waals surface area contributed by atoms with E-state index in [4.69, 9.17) is 20.8 Å². The van der Waals surface area contributed by atoms with Gasteiger partial charge in [-0.25, -0.2) is 4.79 Å². The SMILES string of the molecule is CC(=O)C(=O)OC1(c2cc(Cl)cc3ccoc23)CCN(Cc2ccccc2)CC1C. The summed E-state index contributed by atoms with van der Waals surface area (Å²) in [4.78, 5) is 26.5. The van der Waals surface area contributed by atoms with E-state index in [0.29, 0.717) is 30.1 Å². The van der Waals surface area contributed by atoms with E-state index in [1.807, 2.05) is 37.3 Å². The third-order valence-corrected chi connectivity index (χ3v) is 6.13. The molecule has 3 aromatic rings. The van der Waals surface area contributed by atoms with Crippen LogP contribution in [0.2, 0.25) is 5.02 Å². The molecule has 1 fully saturated rings. The van der Waals surface area contributed by atoms with Crippen LogP contribution in [0.15, 0.2) is 59.2 Å². The lowest BCUT2D eigenvalue weighted by molar-refractivity contribution is -0.178. The number of carbonyl (C=O) groups is 2. The van der Waals surface area contributed by atoms with Crippen molar-refractivity contribution in [3.8, 4) is 0 Å². The van der Waals surface area contributed by atoms with Gasteiger partial charge in [0.15, 0.2) is 0 Å². The molecular weight excluding hydrogens is 402 g/mol. The first kappa shape index (κ1) is 20.6. The second-order valence-corrected chi connectivity index (χ2v) is 8.44. The van der Waals surface area contributed by atoms with Gasteiger partial charge in [-0.15, -0.1) is 0 Å². The van der Waals surface area contributed by atoms with Gasteiger partial charge in [-0.3, -0.25) is 9.69 Å². The lowest BCUT2D eigenvalue weighted by atomic mass is 9.76. The summed E-state index contributed by atoms with van der Waals surface area (Å²) in [7, 11) is 0. The molecule has 2 atom stereocenters. The Morgan fingerprint density at radius 2 is 2.00 bits per heavy atom. The topological polar surface area (TPSA) is 59.8 Å². The number of rotatable bonds is 5. The maximum absolute atomic E-state index is 12.4. The Kier molecular flexibility index (Phi) is 5.67. The van der Waals surface area contributed by atoms with Crippen molar-refractivity contribution in [3.05, 3.63) is 70.9 Å². The van der Waals surface area contributed by atoms with Crippen LogP contribution in [-0.4, -0.2) is 29.7 Å². The molecule has 0 amide bonds. The number of hydrogen-bond acceptors (Lipinski definition) is 5. The molecule has 0 N–H and O–H groups in total. The monoisotopic (exact) mass is 425 g/mol. The average Bonchev–Trinajstić information content (AvgIpc) is 3.18. The first-order chi connectivity index (χ1) is 14.4. The molecule has 1 aliphatic rings. The molecule has 5 nitrogen and oxygen atoms in total. The van der Waals surface area contributed by atoms with Crippen LogP contribution in [0.25, 0.3) is 11.0 Å². The molecular formula is C24H24ClNO4. The van der Waals surface area contributed by atoms with Crippen LogP contribution in [0.3, 0.4) is 0 Å². The van der Waals surface area contributed by atoms with Gasteiger partial charge in [0.05, 0.1) is 6.26 Å². The van der Waals surface area contributed by atoms with Gasteiger partial charge >= 0.3 is 5.97 Å². The molecule has 30 heavy (non-hydrogen) atoms. The second kappa shape index (κ2) is 8.25. The lowest BCUT2D eigenvalue weighted by Crippen LogP contribution is -2.51. The predicted octanol–water partition coefficient (Wildman–Crippen LogP) is 4.96. The molecule has 0 spiro atoms. The quantitative estimate of drug-likeness (QED) is 0.427. The number of likely N-dealkylation sites (tertiary alicyclic amines) is 1. The fraction of sp³-hybridized carbons (Fsp3) is 0.333. The summed E-state index contributed by atoms with van der Waals surface area (Å²) in [6, 6.07) is 15.7. The number of halogens is 1. The van der Waals surface area contributed by atoms with E-state index in [1.54, 1.807) is 12.3 Å². The molecule has 0 bridgehead atoms. The molecule has 0 aliphatic carbocycles. The first-order valence-corrected chi connectivity index (χ1v) is 10.4. The molecule has 0 radical (unpaired) electrons. The van der Waals surface area contributed by atoms with Crippen molar-refractivity contribution in [3.63, 3.8) is 0 Å². The minimum atomic E-state index is -0.989. The molecule has 2 heterocycles. The van der Waals surface area contributed by atoms with E-state index < -0.39 is 17.4 Å². The van der Waals surface area contributed by atoms with Crippen molar-refractivity contribution in [2.45, 2.75) is 32.4 Å². The maximum atomic E-state index is 12.4. The number of benzene rings is 2. The average molecular weight is 426 g/mol. The number of Topliss-reactive ketones (excluding diaryl/α,β-unsaturated/α-hetero) is 1. The van der Waals surface area contributed by atoms with Crippen molar-refractivity contribution in [1.82, 2.24) is 4.90 Å². The highest BCUT2D eigenvalue weighted by Crippen LogP contribution is 2.45. The number of fused-ring (bicyclic) bond motifs is 1. The summed E-state index contributed by atoms with van der Waals surface area (Å²) in [6.45, 7) is 5.49. The van der Waals surface area contributed by atoms with E-state index in [0.717, 1.165) is 17.5 Å². The number of carbonyl (C=O) groups excluding carboxylic acids is 2. The highest BCUT2D eigenvalue weighted by Gasteiger charge is 2.47. The minimum absolute atomic E-state index is 0.0787. The highest BCUT2D eigenvalue weighted by atomic mass is 35.5. The van der Waals surface area contributed by atoms with Crippen LogP contribution in [0.5, 0.6) is 0 Å². The maximum Gasteiger partial charge on any atom is 0.375 e. The van der Waals surface area contributed by atoms with Crippen LogP contribution in [0.1, 0.15) is 31.4 Å². The molecule has 4 rings (SSSR count). The zero-order chi connectivity index (χ0) is 21.3. The molecule has 156 valence electrons. The lowest BCUT2D eigenvalue weighted by Gasteiger charge is -2.46. The smallest absolute Gasteiger partial charge is 0.375 e. The summed E-state index contributed by atoms with van der Waals surface area (Å²) in [5.74, 6) is -1.53. The van der Waals surface area contributed by atoms with Crippen molar-refractivity contribution >= 4 is 34.3 Å². The normalized spacial score (nSPS) is 22.2. The van der Waals surface area contributed by atoms with Crippen molar-refractivity contribution in [2.24, 2.45) is 5.92 Å². The molecule has 0 saturated carbocycles. The zero-order valence-corrected chi connectivity index (χ0v) is 17.8. The van der Waals surface area contributed by atoms with Gasteiger partial charge in [-0.1, -0.05) is 48.9 Å². The Morgan fingerprint density at radius 3 is 2.70 bits per heavy atom. The number of nitrogens with zero attached hydrogens (tertiary/aromatic N) is 1. The van der Waals surface area contributed by atoms with Gasteiger partial charge in [-0.2, -0.15) is 0 Å². The minimum Gasteiger partial charge on any atom is -0.464 e. The van der Waals surface area contributed by atoms with Crippen LogP contribution < -0.4 is 0 Å². The van der Waals surface area contributed by atoms with Gasteiger partial charge in [0.1, 0.15) is 11.2 Å². The summed E-state index contributed by atoms with van der Waals surface area (Å²) >= 11 is 6.39. The van der Waals surface area contributed by atoms with Crippen LogP contribution in [0.4, 0.5) is 0 Å². The van der Waals surface area contributed by atoms with Crippen molar-refractivity contribution < 1.29 is 18.7 Å². The largest absolute Gasteiger partial charge is 0.464 e. The summed E-state index contributed by atoms with van der Waals surface area (Å²) in [5.41, 5.74) is 1.60. The Bertz CT molecular complexity index is 1080. The number of hydrogen-bond donors (Lipinski definition) is 0. The summed E-state index contributed by atoms with van der Waals surface area (Å²) in [5, 5.41) is 1.38.